The summed E-state index contributed by atoms with van der Waals surface area (Å²) < 4.78 is 10.6. The van der Waals surface area contributed by atoms with Gasteiger partial charge >= 0.3 is 6.03 Å². The van der Waals surface area contributed by atoms with Crippen molar-refractivity contribution in [2.24, 2.45) is 0 Å². The molecule has 4 heterocycles. The molecule has 2 fully saturated rings. The Hall–Kier alpha value is -2.68. The van der Waals surface area contributed by atoms with Gasteiger partial charge in [-0.25, -0.2) is 14.8 Å². The molecular formula is C16H20N6O3. The summed E-state index contributed by atoms with van der Waals surface area (Å²) in [5.74, 6) is 1.13. The number of anilines is 2. The van der Waals surface area contributed by atoms with Gasteiger partial charge in [0.2, 0.25) is 5.95 Å². The van der Waals surface area contributed by atoms with E-state index in [9.17, 15) is 4.79 Å². The van der Waals surface area contributed by atoms with Crippen molar-refractivity contribution in [1.29, 1.82) is 0 Å². The topological polar surface area (TPSA) is 96.6 Å². The van der Waals surface area contributed by atoms with Crippen molar-refractivity contribution in [3.63, 3.8) is 0 Å². The van der Waals surface area contributed by atoms with E-state index in [0.29, 0.717) is 25.5 Å². The smallest absolute Gasteiger partial charge is 0.323 e. The zero-order chi connectivity index (χ0) is 17.1. The van der Waals surface area contributed by atoms with Crippen molar-refractivity contribution in [3.8, 4) is 0 Å². The zero-order valence-electron chi connectivity index (χ0n) is 13.8. The Morgan fingerprint density at radius 1 is 1.24 bits per heavy atom. The first-order valence-corrected chi connectivity index (χ1v) is 8.45. The number of carbonyl (C=O) groups excluding carboxylic acids is 1. The number of urea groups is 1. The van der Waals surface area contributed by atoms with Crippen molar-refractivity contribution in [2.75, 3.05) is 43.0 Å². The highest BCUT2D eigenvalue weighted by atomic mass is 16.5. The van der Waals surface area contributed by atoms with Crippen LogP contribution in [0.15, 0.2) is 29.1 Å². The predicted octanol–water partition coefficient (Wildman–Crippen LogP) is 1.67. The first-order valence-electron chi connectivity index (χ1n) is 8.45. The molecule has 2 aromatic heterocycles. The fourth-order valence-corrected chi connectivity index (χ4v) is 3.09. The fourth-order valence-electron chi connectivity index (χ4n) is 3.09. The Morgan fingerprint density at radius 3 is 2.92 bits per heavy atom. The van der Waals surface area contributed by atoms with Gasteiger partial charge in [-0.05, 0) is 18.9 Å². The van der Waals surface area contributed by atoms with Crippen LogP contribution in [0, 0.1) is 0 Å². The maximum atomic E-state index is 12.4. The van der Waals surface area contributed by atoms with Crippen molar-refractivity contribution in [3.05, 3.63) is 30.3 Å². The number of carbonyl (C=O) groups is 1. The molecule has 0 aromatic carbocycles. The van der Waals surface area contributed by atoms with Crippen molar-refractivity contribution >= 4 is 17.8 Å². The summed E-state index contributed by atoms with van der Waals surface area (Å²) in [4.78, 5) is 25.3. The number of rotatable bonds is 3. The van der Waals surface area contributed by atoms with E-state index in [4.69, 9.17) is 9.26 Å². The molecule has 1 N–H and O–H groups in total. The second-order valence-electron chi connectivity index (χ2n) is 6.10. The number of hydrogen-bond donors (Lipinski definition) is 1. The molecule has 2 aromatic rings. The summed E-state index contributed by atoms with van der Waals surface area (Å²) in [5, 5.41) is 6.40. The van der Waals surface area contributed by atoms with Crippen LogP contribution in [0.1, 0.15) is 24.6 Å². The second kappa shape index (κ2) is 7.06. The molecule has 2 amide bonds. The highest BCUT2D eigenvalue weighted by molar-refractivity contribution is 5.88. The van der Waals surface area contributed by atoms with Gasteiger partial charge in [-0.15, -0.1) is 0 Å². The van der Waals surface area contributed by atoms with E-state index in [1.54, 1.807) is 17.2 Å². The van der Waals surface area contributed by atoms with Gasteiger partial charge in [-0.3, -0.25) is 5.32 Å². The standard InChI is InChI=1S/C16H20N6O3/c23-16(19-14-4-9-25-20-14)22-8-10-24-13(11-22)12-3-5-17-15(18-12)21-6-1-2-7-21/h3-5,9,13H,1-2,6-8,10-11H2,(H,19,20,23)/t13-/m0/s1. The number of ether oxygens (including phenoxy) is 1. The van der Waals surface area contributed by atoms with E-state index >= 15 is 0 Å². The fraction of sp³-hybridized carbons (Fsp3) is 0.500. The largest absolute Gasteiger partial charge is 0.368 e. The van der Waals surface area contributed by atoms with E-state index in [-0.39, 0.29) is 12.1 Å². The van der Waals surface area contributed by atoms with Crippen LogP contribution in [-0.4, -0.2) is 58.8 Å². The molecule has 9 nitrogen and oxygen atoms in total. The van der Waals surface area contributed by atoms with Crippen LogP contribution >= 0.6 is 0 Å². The Labute approximate surface area is 145 Å². The van der Waals surface area contributed by atoms with Gasteiger partial charge in [-0.1, -0.05) is 5.16 Å². The molecule has 25 heavy (non-hydrogen) atoms. The lowest BCUT2D eigenvalue weighted by molar-refractivity contribution is -0.0157. The molecule has 0 spiro atoms. The van der Waals surface area contributed by atoms with Crippen LogP contribution in [0.5, 0.6) is 0 Å². The molecule has 0 bridgehead atoms. The Bertz CT molecular complexity index is 716. The summed E-state index contributed by atoms with van der Waals surface area (Å²) >= 11 is 0. The molecule has 0 saturated carbocycles. The monoisotopic (exact) mass is 344 g/mol. The third-order valence-corrected chi connectivity index (χ3v) is 4.41. The Balaban J connectivity index is 1.44. The first kappa shape index (κ1) is 15.8. The zero-order valence-corrected chi connectivity index (χ0v) is 13.8. The van der Waals surface area contributed by atoms with Crippen molar-refractivity contribution < 1.29 is 14.1 Å². The van der Waals surface area contributed by atoms with Gasteiger partial charge in [0, 0.05) is 31.9 Å². The number of morpholine rings is 1. The number of aromatic nitrogens is 3. The van der Waals surface area contributed by atoms with Crippen LogP contribution in [0.4, 0.5) is 16.6 Å². The normalized spacial score (nSPS) is 20.7. The van der Waals surface area contributed by atoms with Crippen molar-refractivity contribution in [1.82, 2.24) is 20.0 Å². The Kier molecular flexibility index (Phi) is 4.47. The highest BCUT2D eigenvalue weighted by Gasteiger charge is 2.27. The average Bonchev–Trinajstić information content (AvgIpc) is 3.36. The molecule has 2 aliphatic heterocycles. The van der Waals surface area contributed by atoms with Crippen LogP contribution in [-0.2, 0) is 4.74 Å². The lowest BCUT2D eigenvalue weighted by Gasteiger charge is -2.32. The maximum absolute atomic E-state index is 12.4. The van der Waals surface area contributed by atoms with E-state index in [1.165, 1.54) is 19.1 Å². The van der Waals surface area contributed by atoms with Gasteiger partial charge in [0.15, 0.2) is 5.82 Å². The molecule has 0 unspecified atom stereocenters. The van der Waals surface area contributed by atoms with E-state index in [2.05, 4.69) is 25.3 Å². The lowest BCUT2D eigenvalue weighted by atomic mass is 10.2. The molecule has 132 valence electrons. The predicted molar refractivity (Wildman–Crippen MR) is 89.3 cm³/mol. The van der Waals surface area contributed by atoms with Crippen LogP contribution in [0.25, 0.3) is 0 Å². The molecular weight excluding hydrogens is 324 g/mol. The third kappa shape index (κ3) is 3.55. The minimum absolute atomic E-state index is 0.226. The van der Waals surface area contributed by atoms with Gasteiger partial charge in [0.25, 0.3) is 0 Å². The number of hydrogen-bond acceptors (Lipinski definition) is 7. The summed E-state index contributed by atoms with van der Waals surface area (Å²) in [6.45, 7) is 3.38. The Morgan fingerprint density at radius 2 is 2.12 bits per heavy atom. The molecule has 9 heteroatoms. The number of nitrogens with one attached hydrogen (secondary N) is 1. The lowest BCUT2D eigenvalue weighted by Crippen LogP contribution is -2.44. The van der Waals surface area contributed by atoms with Gasteiger partial charge in [0.05, 0.1) is 18.8 Å². The summed E-state index contributed by atoms with van der Waals surface area (Å²) in [6, 6.07) is 3.22. The van der Waals surface area contributed by atoms with Crippen LogP contribution in [0.2, 0.25) is 0 Å². The van der Waals surface area contributed by atoms with Gasteiger partial charge < -0.3 is 19.1 Å². The van der Waals surface area contributed by atoms with Crippen LogP contribution in [0.3, 0.4) is 0 Å². The highest BCUT2D eigenvalue weighted by Crippen LogP contribution is 2.23. The van der Waals surface area contributed by atoms with E-state index in [1.807, 2.05) is 6.07 Å². The summed E-state index contributed by atoms with van der Waals surface area (Å²) in [7, 11) is 0. The maximum Gasteiger partial charge on any atom is 0.323 e. The second-order valence-corrected chi connectivity index (χ2v) is 6.10. The SMILES string of the molecule is O=C(Nc1ccon1)N1CCO[C@H](c2ccnc(N3CCCC3)n2)C1. The first-order chi connectivity index (χ1) is 12.3. The molecule has 0 radical (unpaired) electrons. The minimum Gasteiger partial charge on any atom is -0.368 e. The molecule has 4 rings (SSSR count). The van der Waals surface area contributed by atoms with E-state index < -0.39 is 0 Å². The summed E-state index contributed by atoms with van der Waals surface area (Å²) in [6.07, 6.45) is 5.25. The summed E-state index contributed by atoms with van der Waals surface area (Å²) in [5.41, 5.74) is 0.802. The molecule has 2 saturated heterocycles. The number of nitrogens with zero attached hydrogens (tertiary/aromatic N) is 5. The molecule has 1 atom stereocenters. The van der Waals surface area contributed by atoms with Gasteiger partial charge in [0.1, 0.15) is 12.4 Å². The molecule has 0 aliphatic carbocycles. The van der Waals surface area contributed by atoms with Crippen LogP contribution < -0.4 is 10.2 Å². The quantitative estimate of drug-likeness (QED) is 0.904. The van der Waals surface area contributed by atoms with E-state index in [0.717, 1.165) is 24.7 Å². The van der Waals surface area contributed by atoms with Crippen molar-refractivity contribution in [2.45, 2.75) is 18.9 Å². The third-order valence-electron chi connectivity index (χ3n) is 4.41. The average molecular weight is 344 g/mol. The number of amides is 2. The minimum atomic E-state index is -0.263. The molecule has 2 aliphatic rings. The van der Waals surface area contributed by atoms with Gasteiger partial charge in [-0.2, -0.15) is 0 Å².